The number of hydrogen-bond acceptors (Lipinski definition) is 1. The third-order valence-corrected chi connectivity index (χ3v) is 3.47. The third kappa shape index (κ3) is 6.23. The van der Waals surface area contributed by atoms with Gasteiger partial charge >= 0.3 is 6.18 Å². The van der Waals surface area contributed by atoms with Gasteiger partial charge in [0.1, 0.15) is 6.54 Å². The second-order valence-electron chi connectivity index (χ2n) is 5.24. The molecule has 3 nitrogen and oxygen atoms in total. The predicted octanol–water partition coefficient (Wildman–Crippen LogP) is 3.74. The molecular weight excluding hydrogens is 430 g/mol. The Morgan fingerprint density at radius 2 is 2.00 bits per heavy atom. The summed E-state index contributed by atoms with van der Waals surface area (Å²) in [6.45, 7) is 4.99. The minimum atomic E-state index is -4.34. The number of guanidine groups is 1. The molecule has 0 amide bonds. The highest BCUT2D eigenvalue weighted by Crippen LogP contribution is 2.29. The maximum absolute atomic E-state index is 12.6. The quantitative estimate of drug-likeness (QED) is 0.321. The van der Waals surface area contributed by atoms with Crippen molar-refractivity contribution >= 4 is 29.9 Å². The molecule has 0 atom stereocenters. The first-order valence-electron chi connectivity index (χ1n) is 7.70. The number of nitrogens with zero attached hydrogens (tertiary/aromatic N) is 2. The van der Waals surface area contributed by atoms with Gasteiger partial charge in [0.15, 0.2) is 5.96 Å². The van der Waals surface area contributed by atoms with E-state index in [1.807, 2.05) is 6.92 Å². The number of nitrogens with one attached hydrogen (secondary N) is 1. The van der Waals surface area contributed by atoms with E-state index in [1.165, 1.54) is 6.07 Å². The Hall–Kier alpha value is -1.43. The molecular formula is C17H21F3IN3. The van der Waals surface area contributed by atoms with Crippen LogP contribution >= 0.6 is 24.0 Å². The van der Waals surface area contributed by atoms with Crippen LogP contribution in [0.25, 0.3) is 0 Å². The van der Waals surface area contributed by atoms with Gasteiger partial charge < -0.3 is 10.2 Å². The van der Waals surface area contributed by atoms with Gasteiger partial charge in [0.2, 0.25) is 0 Å². The molecule has 1 saturated heterocycles. The highest BCUT2D eigenvalue weighted by atomic mass is 127. The smallest absolute Gasteiger partial charge is 0.356 e. The van der Waals surface area contributed by atoms with Crippen LogP contribution in [0.5, 0.6) is 0 Å². The zero-order valence-corrected chi connectivity index (χ0v) is 15.8. The molecule has 2 rings (SSSR count). The number of aliphatic imine (C=N–C) groups is 1. The van der Waals surface area contributed by atoms with Crippen LogP contribution in [0.3, 0.4) is 0 Å². The van der Waals surface area contributed by atoms with E-state index >= 15 is 0 Å². The first-order valence-corrected chi connectivity index (χ1v) is 7.70. The molecule has 1 fully saturated rings. The Balaban J connectivity index is 0.00000288. The molecule has 0 spiro atoms. The molecule has 1 aliphatic heterocycles. The number of likely N-dealkylation sites (tertiary alicyclic amines) is 1. The van der Waals surface area contributed by atoms with Crippen molar-refractivity contribution in [3.63, 3.8) is 0 Å². The van der Waals surface area contributed by atoms with E-state index in [1.54, 1.807) is 6.07 Å². The maximum atomic E-state index is 12.6. The number of benzene rings is 1. The summed E-state index contributed by atoms with van der Waals surface area (Å²) in [6.07, 6.45) is -2.04. The van der Waals surface area contributed by atoms with E-state index in [0.717, 1.165) is 50.6 Å². The van der Waals surface area contributed by atoms with Gasteiger partial charge in [0.25, 0.3) is 0 Å². The molecule has 1 aliphatic rings. The fraction of sp³-hybridized carbons (Fsp3) is 0.471. The average Bonchev–Trinajstić information content (AvgIpc) is 3.04. The molecule has 132 valence electrons. The number of halogens is 4. The van der Waals surface area contributed by atoms with Gasteiger partial charge in [-0.1, -0.05) is 17.9 Å². The summed E-state index contributed by atoms with van der Waals surface area (Å²) >= 11 is 0. The van der Waals surface area contributed by atoms with Gasteiger partial charge in [-0.2, -0.15) is 13.2 Å². The molecule has 1 aromatic carbocycles. The van der Waals surface area contributed by atoms with Crippen molar-refractivity contribution in [1.29, 1.82) is 0 Å². The van der Waals surface area contributed by atoms with Crippen LogP contribution in [0, 0.1) is 11.8 Å². The fourth-order valence-corrected chi connectivity index (χ4v) is 2.38. The molecule has 0 aliphatic carbocycles. The maximum Gasteiger partial charge on any atom is 0.416 e. The summed E-state index contributed by atoms with van der Waals surface area (Å²) in [5.41, 5.74) is -0.334. The number of hydrogen-bond donors (Lipinski definition) is 1. The molecule has 0 bridgehead atoms. The van der Waals surface area contributed by atoms with Crippen LogP contribution in [-0.4, -0.2) is 37.0 Å². The van der Waals surface area contributed by atoms with Gasteiger partial charge in [0, 0.05) is 25.2 Å². The molecule has 1 aromatic rings. The third-order valence-electron chi connectivity index (χ3n) is 3.47. The Morgan fingerprint density at radius 3 is 2.62 bits per heavy atom. The number of alkyl halides is 3. The predicted molar refractivity (Wildman–Crippen MR) is 101 cm³/mol. The molecule has 7 heteroatoms. The van der Waals surface area contributed by atoms with E-state index in [9.17, 15) is 13.2 Å². The van der Waals surface area contributed by atoms with Crippen molar-refractivity contribution in [2.24, 2.45) is 4.99 Å². The summed E-state index contributed by atoms with van der Waals surface area (Å²) < 4.78 is 37.9. The zero-order chi connectivity index (χ0) is 16.7. The Bertz CT molecular complexity index is 611. The molecule has 1 heterocycles. The molecule has 0 saturated carbocycles. The van der Waals surface area contributed by atoms with Crippen LogP contribution in [0.4, 0.5) is 13.2 Å². The fourth-order valence-electron chi connectivity index (χ4n) is 2.38. The second kappa shape index (κ2) is 9.77. The molecule has 0 aromatic heterocycles. The van der Waals surface area contributed by atoms with Crippen molar-refractivity contribution in [3.05, 3.63) is 35.4 Å². The second-order valence-corrected chi connectivity index (χ2v) is 5.24. The lowest BCUT2D eigenvalue weighted by atomic mass is 10.1. The van der Waals surface area contributed by atoms with Gasteiger partial charge in [-0.05, 0) is 38.0 Å². The van der Waals surface area contributed by atoms with E-state index in [0.29, 0.717) is 5.56 Å². The van der Waals surface area contributed by atoms with Crippen LogP contribution < -0.4 is 5.32 Å². The van der Waals surface area contributed by atoms with Crippen LogP contribution in [0.2, 0.25) is 0 Å². The van der Waals surface area contributed by atoms with Crippen molar-refractivity contribution in [2.75, 3.05) is 26.2 Å². The van der Waals surface area contributed by atoms with Crippen molar-refractivity contribution in [1.82, 2.24) is 10.2 Å². The van der Waals surface area contributed by atoms with Gasteiger partial charge in [0.05, 0.1) is 5.56 Å². The highest BCUT2D eigenvalue weighted by Gasteiger charge is 2.30. The van der Waals surface area contributed by atoms with Crippen LogP contribution in [0.15, 0.2) is 29.3 Å². The SMILES string of the molecule is CCNC(=NCC#Cc1cccc(C(F)(F)F)c1)N1CCCC1.I. The van der Waals surface area contributed by atoms with E-state index in [4.69, 9.17) is 0 Å². The lowest BCUT2D eigenvalue weighted by Gasteiger charge is -2.20. The Morgan fingerprint density at radius 1 is 1.29 bits per heavy atom. The van der Waals surface area contributed by atoms with Gasteiger partial charge in [-0.25, -0.2) is 4.99 Å². The monoisotopic (exact) mass is 451 g/mol. The summed E-state index contributed by atoms with van der Waals surface area (Å²) in [7, 11) is 0. The Kier molecular flexibility index (Phi) is 8.39. The summed E-state index contributed by atoms with van der Waals surface area (Å²) in [6, 6.07) is 5.03. The van der Waals surface area contributed by atoms with E-state index in [-0.39, 0.29) is 30.5 Å². The Labute approximate surface area is 157 Å². The van der Waals surface area contributed by atoms with Crippen LogP contribution in [-0.2, 0) is 6.18 Å². The topological polar surface area (TPSA) is 27.6 Å². The van der Waals surface area contributed by atoms with E-state index in [2.05, 4.69) is 27.0 Å². The molecule has 0 radical (unpaired) electrons. The summed E-state index contributed by atoms with van der Waals surface area (Å²) in [5, 5.41) is 3.21. The summed E-state index contributed by atoms with van der Waals surface area (Å²) in [4.78, 5) is 6.59. The van der Waals surface area contributed by atoms with Crippen molar-refractivity contribution in [2.45, 2.75) is 25.9 Å². The van der Waals surface area contributed by atoms with Gasteiger partial charge in [-0.15, -0.1) is 24.0 Å². The lowest BCUT2D eigenvalue weighted by molar-refractivity contribution is -0.137. The highest BCUT2D eigenvalue weighted by molar-refractivity contribution is 14.0. The first-order chi connectivity index (χ1) is 11.0. The van der Waals surface area contributed by atoms with Gasteiger partial charge in [-0.3, -0.25) is 0 Å². The van der Waals surface area contributed by atoms with Crippen molar-refractivity contribution in [3.8, 4) is 11.8 Å². The van der Waals surface area contributed by atoms with Crippen molar-refractivity contribution < 1.29 is 13.2 Å². The zero-order valence-electron chi connectivity index (χ0n) is 13.5. The molecule has 24 heavy (non-hydrogen) atoms. The molecule has 0 unspecified atom stereocenters. The standard InChI is InChI=1S/C17H20F3N3.HI/c1-2-21-16(23-11-3-4-12-23)22-10-6-8-14-7-5-9-15(13-14)17(18,19)20;/h5,7,9,13H,2-4,10-12H2,1H3,(H,21,22);1H. The number of rotatable bonds is 2. The largest absolute Gasteiger partial charge is 0.416 e. The minimum Gasteiger partial charge on any atom is -0.356 e. The van der Waals surface area contributed by atoms with E-state index < -0.39 is 11.7 Å². The normalized spacial score (nSPS) is 14.7. The summed E-state index contributed by atoms with van der Waals surface area (Å²) in [5.74, 6) is 6.39. The lowest BCUT2D eigenvalue weighted by Crippen LogP contribution is -2.39. The minimum absolute atomic E-state index is 0. The average molecular weight is 451 g/mol. The first kappa shape index (κ1) is 20.6. The molecule has 1 N–H and O–H groups in total. The van der Waals surface area contributed by atoms with Crippen LogP contribution in [0.1, 0.15) is 30.9 Å².